The van der Waals surface area contributed by atoms with Crippen LogP contribution in [0.1, 0.15) is 0 Å². The molecular formula is C8H13N2O2. The fourth-order valence-electron chi connectivity index (χ4n) is 1.01. The smallest absolute Gasteiger partial charge is 0.331 e. The van der Waals surface area contributed by atoms with Gasteiger partial charge in [0, 0.05) is 38.5 Å². The number of carbonyl (C=O) groups is 1. The topological polar surface area (TPSA) is 43.6 Å². The summed E-state index contributed by atoms with van der Waals surface area (Å²) >= 11 is 0. The van der Waals surface area contributed by atoms with E-state index < -0.39 is 0 Å². The van der Waals surface area contributed by atoms with Gasteiger partial charge in [-0.05, 0) is 0 Å². The Kier molecular flexibility index (Phi) is 3.60. The van der Waals surface area contributed by atoms with Crippen LogP contribution in [-0.2, 0) is 9.53 Å². The molecule has 0 spiro atoms. The van der Waals surface area contributed by atoms with Crippen molar-refractivity contribution in [1.29, 1.82) is 0 Å². The minimum atomic E-state index is -0.308. The van der Waals surface area contributed by atoms with Crippen LogP contribution < -0.4 is 5.32 Å². The monoisotopic (exact) mass is 169 g/mol. The van der Waals surface area contributed by atoms with Crippen molar-refractivity contribution in [2.45, 2.75) is 0 Å². The molecule has 12 heavy (non-hydrogen) atoms. The molecule has 1 fully saturated rings. The van der Waals surface area contributed by atoms with Crippen molar-refractivity contribution < 1.29 is 9.53 Å². The Hall–Kier alpha value is -1.03. The highest BCUT2D eigenvalue weighted by Crippen LogP contribution is 1.94. The molecule has 4 nitrogen and oxygen atoms in total. The number of methoxy groups -OCH3 is 1. The first kappa shape index (κ1) is 9.06. The van der Waals surface area contributed by atoms with Crippen molar-refractivity contribution >= 4 is 5.97 Å². The van der Waals surface area contributed by atoms with Crippen molar-refractivity contribution in [3.8, 4) is 0 Å². The van der Waals surface area contributed by atoms with E-state index in [4.69, 9.17) is 0 Å². The van der Waals surface area contributed by atoms with Gasteiger partial charge in [-0.25, -0.2) is 10.1 Å². The fraction of sp³-hybridized carbons (Fsp3) is 0.625. The maximum absolute atomic E-state index is 10.7. The Morgan fingerprint density at radius 2 is 2.17 bits per heavy atom. The summed E-state index contributed by atoms with van der Waals surface area (Å²) in [5, 5.41) is 4.18. The lowest BCUT2D eigenvalue weighted by atomic mass is 10.4. The average molecular weight is 169 g/mol. The second-order valence-corrected chi connectivity index (χ2v) is 2.55. The molecule has 0 bridgehead atoms. The zero-order chi connectivity index (χ0) is 8.81. The van der Waals surface area contributed by atoms with E-state index in [9.17, 15) is 4.79 Å². The molecule has 4 heteroatoms. The van der Waals surface area contributed by atoms with Crippen LogP contribution in [0.25, 0.3) is 0 Å². The van der Waals surface area contributed by atoms with Crippen LogP contribution >= 0.6 is 0 Å². The maximum Gasteiger partial charge on any atom is 0.331 e. The van der Waals surface area contributed by atoms with Crippen LogP contribution in [0.4, 0.5) is 0 Å². The molecule has 1 rings (SSSR count). The fourth-order valence-corrected chi connectivity index (χ4v) is 1.01. The Morgan fingerprint density at radius 1 is 1.50 bits per heavy atom. The van der Waals surface area contributed by atoms with E-state index in [-0.39, 0.29) is 5.97 Å². The normalized spacial score (nSPS) is 18.2. The molecular weight excluding hydrogens is 156 g/mol. The molecule has 0 N–H and O–H groups in total. The lowest BCUT2D eigenvalue weighted by molar-refractivity contribution is -0.134. The first-order chi connectivity index (χ1) is 5.83. The Balaban J connectivity index is 2.28. The molecule has 0 saturated carbocycles. The van der Waals surface area contributed by atoms with Gasteiger partial charge in [0.1, 0.15) is 0 Å². The molecule has 0 unspecified atom stereocenters. The highest BCUT2D eigenvalue weighted by atomic mass is 16.5. The zero-order valence-corrected chi connectivity index (χ0v) is 7.19. The summed E-state index contributed by atoms with van der Waals surface area (Å²) in [5.41, 5.74) is 0. The number of nitrogens with zero attached hydrogens (tertiary/aromatic N) is 2. The molecule has 1 saturated heterocycles. The third-order valence-corrected chi connectivity index (χ3v) is 1.71. The standard InChI is InChI=1S/C8H13N2O2/c1-12-8(11)2-5-10-6-3-9-4-7-10/h2,5H,3-4,6-7H2,1H3/b5-2+. The molecule has 1 aliphatic heterocycles. The largest absolute Gasteiger partial charge is 0.466 e. The first-order valence-corrected chi connectivity index (χ1v) is 3.96. The molecule has 0 aromatic rings. The molecule has 67 valence electrons. The van der Waals surface area contributed by atoms with Gasteiger partial charge in [0.25, 0.3) is 0 Å². The molecule has 0 amide bonds. The summed E-state index contributed by atoms with van der Waals surface area (Å²) in [6, 6.07) is 0. The molecule has 0 aliphatic carbocycles. The summed E-state index contributed by atoms with van der Waals surface area (Å²) in [5.74, 6) is -0.308. The SMILES string of the molecule is COC(=O)/C=C/N1CC[N]CC1. The van der Waals surface area contributed by atoms with Gasteiger partial charge in [-0.15, -0.1) is 0 Å². The molecule has 0 aromatic heterocycles. The second kappa shape index (κ2) is 4.77. The molecule has 0 aromatic carbocycles. The number of hydrogen-bond donors (Lipinski definition) is 0. The first-order valence-electron chi connectivity index (χ1n) is 3.96. The van der Waals surface area contributed by atoms with Crippen LogP contribution in [0, 0.1) is 0 Å². The molecule has 1 radical (unpaired) electrons. The Bertz CT molecular complexity index is 174. The highest BCUT2D eigenvalue weighted by Gasteiger charge is 2.05. The third-order valence-electron chi connectivity index (χ3n) is 1.71. The Labute approximate surface area is 72.2 Å². The lowest BCUT2D eigenvalue weighted by Crippen LogP contribution is -2.36. The number of carbonyl (C=O) groups excluding carboxylic acids is 1. The van der Waals surface area contributed by atoms with Gasteiger partial charge >= 0.3 is 5.97 Å². The number of hydrogen-bond acceptors (Lipinski definition) is 3. The highest BCUT2D eigenvalue weighted by molar-refractivity contribution is 5.81. The van der Waals surface area contributed by atoms with Crippen LogP contribution in [0.15, 0.2) is 12.3 Å². The van der Waals surface area contributed by atoms with Gasteiger partial charge in [0.05, 0.1) is 7.11 Å². The van der Waals surface area contributed by atoms with E-state index in [2.05, 4.69) is 15.0 Å². The molecule has 1 heterocycles. The van der Waals surface area contributed by atoms with E-state index in [1.54, 1.807) is 6.20 Å². The van der Waals surface area contributed by atoms with Gasteiger partial charge in [-0.1, -0.05) is 0 Å². The maximum atomic E-state index is 10.7. The number of piperazine rings is 1. The van der Waals surface area contributed by atoms with E-state index in [1.165, 1.54) is 13.2 Å². The van der Waals surface area contributed by atoms with Gasteiger partial charge in [-0.2, -0.15) is 0 Å². The van der Waals surface area contributed by atoms with Crippen molar-refractivity contribution in [2.24, 2.45) is 0 Å². The van der Waals surface area contributed by atoms with Gasteiger partial charge in [0.2, 0.25) is 0 Å². The van der Waals surface area contributed by atoms with Gasteiger partial charge < -0.3 is 9.64 Å². The second-order valence-electron chi connectivity index (χ2n) is 2.55. The van der Waals surface area contributed by atoms with E-state index in [1.807, 2.05) is 0 Å². The predicted molar refractivity (Wildman–Crippen MR) is 44.6 cm³/mol. The van der Waals surface area contributed by atoms with Gasteiger partial charge in [0.15, 0.2) is 0 Å². The summed E-state index contributed by atoms with van der Waals surface area (Å²) in [4.78, 5) is 12.8. The summed E-state index contributed by atoms with van der Waals surface area (Å²) in [6.07, 6.45) is 3.20. The van der Waals surface area contributed by atoms with Crippen LogP contribution in [0.2, 0.25) is 0 Å². The summed E-state index contributed by atoms with van der Waals surface area (Å²) in [6.45, 7) is 3.50. The molecule has 0 atom stereocenters. The van der Waals surface area contributed by atoms with Crippen LogP contribution in [-0.4, -0.2) is 44.2 Å². The van der Waals surface area contributed by atoms with Crippen molar-refractivity contribution in [2.75, 3.05) is 33.3 Å². The van der Waals surface area contributed by atoms with Crippen LogP contribution in [0.5, 0.6) is 0 Å². The Morgan fingerprint density at radius 3 is 2.75 bits per heavy atom. The zero-order valence-electron chi connectivity index (χ0n) is 7.19. The molecule has 1 aliphatic rings. The van der Waals surface area contributed by atoms with E-state index in [0.29, 0.717) is 0 Å². The van der Waals surface area contributed by atoms with E-state index >= 15 is 0 Å². The number of rotatable bonds is 2. The minimum Gasteiger partial charge on any atom is -0.466 e. The van der Waals surface area contributed by atoms with E-state index in [0.717, 1.165) is 26.2 Å². The van der Waals surface area contributed by atoms with Crippen LogP contribution in [0.3, 0.4) is 0 Å². The summed E-state index contributed by atoms with van der Waals surface area (Å²) < 4.78 is 4.47. The number of esters is 1. The minimum absolute atomic E-state index is 0.308. The quantitative estimate of drug-likeness (QED) is 0.417. The average Bonchev–Trinajstić information content (AvgIpc) is 2.16. The van der Waals surface area contributed by atoms with Crippen molar-refractivity contribution in [3.63, 3.8) is 0 Å². The van der Waals surface area contributed by atoms with Crippen molar-refractivity contribution in [1.82, 2.24) is 10.2 Å². The van der Waals surface area contributed by atoms with Crippen molar-refractivity contribution in [3.05, 3.63) is 12.3 Å². The third kappa shape index (κ3) is 2.92. The predicted octanol–water partition coefficient (Wildman–Crippen LogP) is -0.407. The lowest BCUT2D eigenvalue weighted by Gasteiger charge is -2.24. The number of ether oxygens (including phenoxy) is 1. The van der Waals surface area contributed by atoms with Gasteiger partial charge in [-0.3, -0.25) is 0 Å². The summed E-state index contributed by atoms with van der Waals surface area (Å²) in [7, 11) is 1.37.